The molecule has 2 N–H and O–H groups in total. The van der Waals surface area contributed by atoms with E-state index < -0.39 is 0 Å². The third kappa shape index (κ3) is 1.98. The Labute approximate surface area is 92.4 Å². The van der Waals surface area contributed by atoms with E-state index in [1.54, 1.807) is 18.2 Å². The SMILES string of the molecule is OSc1cccc(O)c1-c1ccccc1. The average molecular weight is 218 g/mol. The van der Waals surface area contributed by atoms with Crippen molar-refractivity contribution < 1.29 is 9.66 Å². The molecule has 0 amide bonds. The molecular formula is C12H10O2S. The van der Waals surface area contributed by atoms with Gasteiger partial charge in [-0.05, 0) is 17.7 Å². The average Bonchev–Trinajstić information content (AvgIpc) is 2.29. The van der Waals surface area contributed by atoms with Crippen molar-refractivity contribution >= 4 is 12.0 Å². The van der Waals surface area contributed by atoms with Crippen LogP contribution in [0.3, 0.4) is 0 Å². The van der Waals surface area contributed by atoms with Gasteiger partial charge in [-0.3, -0.25) is 0 Å². The van der Waals surface area contributed by atoms with E-state index in [-0.39, 0.29) is 5.75 Å². The van der Waals surface area contributed by atoms with Gasteiger partial charge in [0.25, 0.3) is 0 Å². The van der Waals surface area contributed by atoms with Gasteiger partial charge in [0.2, 0.25) is 0 Å². The molecule has 2 rings (SSSR count). The Morgan fingerprint density at radius 2 is 1.60 bits per heavy atom. The Morgan fingerprint density at radius 3 is 2.27 bits per heavy atom. The first-order valence-corrected chi connectivity index (χ1v) is 5.29. The highest BCUT2D eigenvalue weighted by Crippen LogP contribution is 2.36. The fourth-order valence-electron chi connectivity index (χ4n) is 1.49. The normalized spacial score (nSPS) is 10.2. The Kier molecular flexibility index (Phi) is 2.94. The first kappa shape index (κ1) is 10.1. The number of hydrogen-bond acceptors (Lipinski definition) is 3. The van der Waals surface area contributed by atoms with Crippen LogP contribution < -0.4 is 0 Å². The van der Waals surface area contributed by atoms with E-state index in [0.29, 0.717) is 22.5 Å². The Balaban J connectivity index is 2.61. The zero-order chi connectivity index (χ0) is 10.7. The van der Waals surface area contributed by atoms with Crippen molar-refractivity contribution in [3.05, 3.63) is 48.5 Å². The summed E-state index contributed by atoms with van der Waals surface area (Å²) < 4.78 is 9.11. The molecule has 0 saturated carbocycles. The summed E-state index contributed by atoms with van der Waals surface area (Å²) in [6.45, 7) is 0. The van der Waals surface area contributed by atoms with Crippen molar-refractivity contribution in [1.82, 2.24) is 0 Å². The van der Waals surface area contributed by atoms with Crippen molar-refractivity contribution in [2.75, 3.05) is 0 Å². The van der Waals surface area contributed by atoms with Crippen LogP contribution in [0.25, 0.3) is 11.1 Å². The van der Waals surface area contributed by atoms with Gasteiger partial charge in [0.1, 0.15) is 5.75 Å². The predicted octanol–water partition coefficient (Wildman–Crippen LogP) is 3.62. The third-order valence-electron chi connectivity index (χ3n) is 2.17. The van der Waals surface area contributed by atoms with Crippen LogP contribution in [0.1, 0.15) is 0 Å². The van der Waals surface area contributed by atoms with Gasteiger partial charge in [-0.1, -0.05) is 36.4 Å². The molecule has 0 bridgehead atoms. The number of hydrogen-bond donors (Lipinski definition) is 2. The minimum Gasteiger partial charge on any atom is -0.507 e. The number of rotatable bonds is 2. The smallest absolute Gasteiger partial charge is 0.124 e. The quantitative estimate of drug-likeness (QED) is 0.756. The van der Waals surface area contributed by atoms with E-state index in [9.17, 15) is 5.11 Å². The maximum Gasteiger partial charge on any atom is 0.124 e. The van der Waals surface area contributed by atoms with Crippen LogP contribution in [0.4, 0.5) is 0 Å². The number of phenolic OH excluding ortho intramolecular Hbond substituents is 1. The van der Waals surface area contributed by atoms with E-state index >= 15 is 0 Å². The number of benzene rings is 2. The molecule has 15 heavy (non-hydrogen) atoms. The van der Waals surface area contributed by atoms with Crippen molar-refractivity contribution in [2.45, 2.75) is 4.90 Å². The molecule has 0 aliphatic carbocycles. The molecule has 2 nitrogen and oxygen atoms in total. The summed E-state index contributed by atoms with van der Waals surface area (Å²) >= 11 is 0.644. The molecule has 0 saturated heterocycles. The van der Waals surface area contributed by atoms with Gasteiger partial charge in [0.15, 0.2) is 0 Å². The highest BCUT2D eigenvalue weighted by atomic mass is 32.2. The summed E-state index contributed by atoms with van der Waals surface area (Å²) in [5.74, 6) is 0.181. The van der Waals surface area contributed by atoms with Crippen LogP contribution in [-0.4, -0.2) is 9.66 Å². The molecule has 0 atom stereocenters. The standard InChI is InChI=1S/C12H10O2S/c13-10-7-4-8-11(15-14)12(10)9-5-2-1-3-6-9/h1-8,13-14H. The Bertz CT molecular complexity index is 454. The molecule has 2 aromatic carbocycles. The second-order valence-electron chi connectivity index (χ2n) is 3.11. The second-order valence-corrected chi connectivity index (χ2v) is 3.73. The monoisotopic (exact) mass is 218 g/mol. The summed E-state index contributed by atoms with van der Waals surface area (Å²) in [5, 5.41) is 9.75. The van der Waals surface area contributed by atoms with Crippen LogP contribution in [0.15, 0.2) is 53.4 Å². The molecule has 0 radical (unpaired) electrons. The van der Waals surface area contributed by atoms with Crippen molar-refractivity contribution in [1.29, 1.82) is 0 Å². The summed E-state index contributed by atoms with van der Waals surface area (Å²) in [4.78, 5) is 0.654. The summed E-state index contributed by atoms with van der Waals surface area (Å²) in [7, 11) is 0. The first-order chi connectivity index (χ1) is 7.33. The molecule has 0 spiro atoms. The lowest BCUT2D eigenvalue weighted by molar-refractivity contribution is 0.476. The summed E-state index contributed by atoms with van der Waals surface area (Å²) in [6.07, 6.45) is 0. The van der Waals surface area contributed by atoms with Gasteiger partial charge in [-0.25, -0.2) is 0 Å². The van der Waals surface area contributed by atoms with E-state index in [0.717, 1.165) is 5.56 Å². The molecule has 0 aliphatic heterocycles. The van der Waals surface area contributed by atoms with Crippen molar-refractivity contribution in [3.63, 3.8) is 0 Å². The summed E-state index contributed by atoms with van der Waals surface area (Å²) in [5.41, 5.74) is 1.57. The highest BCUT2D eigenvalue weighted by Gasteiger charge is 2.09. The molecule has 0 unspecified atom stereocenters. The van der Waals surface area contributed by atoms with E-state index in [1.165, 1.54) is 0 Å². The van der Waals surface area contributed by atoms with Gasteiger partial charge in [-0.2, -0.15) is 0 Å². The molecule has 76 valence electrons. The summed E-state index contributed by atoms with van der Waals surface area (Å²) in [6, 6.07) is 14.6. The minimum absolute atomic E-state index is 0.181. The Morgan fingerprint density at radius 1 is 0.867 bits per heavy atom. The van der Waals surface area contributed by atoms with Gasteiger partial charge in [0, 0.05) is 22.5 Å². The topological polar surface area (TPSA) is 40.5 Å². The fourth-order valence-corrected chi connectivity index (χ4v) is 1.94. The molecule has 0 aromatic heterocycles. The largest absolute Gasteiger partial charge is 0.507 e. The molecule has 3 heteroatoms. The lowest BCUT2D eigenvalue weighted by Crippen LogP contribution is -1.82. The van der Waals surface area contributed by atoms with Crippen molar-refractivity contribution in [2.24, 2.45) is 0 Å². The molecular weight excluding hydrogens is 208 g/mol. The van der Waals surface area contributed by atoms with E-state index in [1.807, 2.05) is 30.3 Å². The maximum absolute atomic E-state index is 9.75. The van der Waals surface area contributed by atoms with Crippen molar-refractivity contribution in [3.8, 4) is 16.9 Å². The number of aromatic hydroxyl groups is 1. The number of phenols is 1. The van der Waals surface area contributed by atoms with Crippen LogP contribution in [-0.2, 0) is 0 Å². The van der Waals surface area contributed by atoms with Crippen LogP contribution >= 0.6 is 12.0 Å². The van der Waals surface area contributed by atoms with Gasteiger partial charge >= 0.3 is 0 Å². The van der Waals surface area contributed by atoms with Crippen LogP contribution in [0, 0.1) is 0 Å². The van der Waals surface area contributed by atoms with E-state index in [4.69, 9.17) is 4.55 Å². The van der Waals surface area contributed by atoms with E-state index in [2.05, 4.69) is 0 Å². The zero-order valence-corrected chi connectivity index (χ0v) is 8.74. The second kappa shape index (κ2) is 4.38. The molecule has 0 aliphatic rings. The first-order valence-electron chi connectivity index (χ1n) is 4.52. The Hall–Kier alpha value is -1.45. The molecule has 2 aromatic rings. The highest BCUT2D eigenvalue weighted by molar-refractivity contribution is 7.94. The lowest BCUT2D eigenvalue weighted by atomic mass is 10.0. The van der Waals surface area contributed by atoms with Gasteiger partial charge in [0.05, 0.1) is 0 Å². The molecule has 0 heterocycles. The lowest BCUT2D eigenvalue weighted by Gasteiger charge is -2.08. The van der Waals surface area contributed by atoms with Crippen LogP contribution in [0.2, 0.25) is 0 Å². The van der Waals surface area contributed by atoms with Gasteiger partial charge < -0.3 is 9.66 Å². The van der Waals surface area contributed by atoms with Crippen LogP contribution in [0.5, 0.6) is 5.75 Å². The maximum atomic E-state index is 9.75. The van der Waals surface area contributed by atoms with Gasteiger partial charge in [-0.15, -0.1) is 0 Å². The third-order valence-corrected chi connectivity index (χ3v) is 2.70. The zero-order valence-electron chi connectivity index (χ0n) is 7.92. The predicted molar refractivity (Wildman–Crippen MR) is 62.0 cm³/mol. The molecule has 0 fully saturated rings. The fraction of sp³-hybridized carbons (Fsp3) is 0. The minimum atomic E-state index is 0.181.